The Morgan fingerprint density at radius 3 is 1.93 bits per heavy atom. The third-order valence-corrected chi connectivity index (χ3v) is 4.17. The van der Waals surface area contributed by atoms with Gasteiger partial charge in [-0.25, -0.2) is 18.0 Å². The van der Waals surface area contributed by atoms with E-state index in [1.54, 1.807) is 12.1 Å². The molecule has 0 unspecified atom stereocenters. The molecule has 1 heterocycles. The number of carbonyl (C=O) groups is 1. The van der Waals surface area contributed by atoms with Crippen LogP contribution >= 0.6 is 0 Å². The average Bonchev–Trinajstić information content (AvgIpc) is 2.73. The van der Waals surface area contributed by atoms with E-state index in [9.17, 15) is 31.5 Å². The van der Waals surface area contributed by atoms with Gasteiger partial charge in [-0.05, 0) is 29.7 Å². The molecule has 0 aliphatic carbocycles. The smallest absolute Gasteiger partial charge is 0.349 e. The predicted molar refractivity (Wildman–Crippen MR) is 93.1 cm³/mol. The van der Waals surface area contributed by atoms with E-state index in [1.807, 2.05) is 19.1 Å². The van der Waals surface area contributed by atoms with Gasteiger partial charge in [-0.15, -0.1) is 0 Å². The lowest BCUT2D eigenvalue weighted by Gasteiger charge is -2.09. The maximum Gasteiger partial charge on any atom is 0.349 e. The molecule has 0 aliphatic heterocycles. The molecular weight excluding hydrogens is 397 g/mol. The number of benzene rings is 2. The Kier molecular flexibility index (Phi) is 5.49. The first-order chi connectivity index (χ1) is 13.7. The number of ether oxygens (including phenoxy) is 1. The SMILES string of the molecule is CCc1ccc(-c2ccc(C(=O)Oc3c(F)c(F)c(F)c(F)c3F)c(=O)[nH]2)cc1. The van der Waals surface area contributed by atoms with Crippen LogP contribution in [0, 0.1) is 29.1 Å². The number of aromatic nitrogens is 1. The number of carbonyl (C=O) groups excluding carboxylic acids is 1. The molecule has 4 nitrogen and oxygen atoms in total. The zero-order chi connectivity index (χ0) is 21.3. The van der Waals surface area contributed by atoms with Crippen molar-refractivity contribution in [3.05, 3.63) is 87.0 Å². The van der Waals surface area contributed by atoms with E-state index in [2.05, 4.69) is 9.72 Å². The minimum absolute atomic E-state index is 0.352. The number of H-pyrrole nitrogens is 1. The van der Waals surface area contributed by atoms with Crippen LogP contribution in [0.5, 0.6) is 5.75 Å². The van der Waals surface area contributed by atoms with Crippen LogP contribution in [0.1, 0.15) is 22.8 Å². The van der Waals surface area contributed by atoms with Crippen molar-refractivity contribution in [2.45, 2.75) is 13.3 Å². The van der Waals surface area contributed by atoms with Gasteiger partial charge < -0.3 is 9.72 Å². The number of halogens is 5. The second kappa shape index (κ2) is 7.86. The second-order valence-corrected chi connectivity index (χ2v) is 5.95. The fraction of sp³-hybridized carbons (Fsp3) is 0.100. The molecule has 0 amide bonds. The van der Waals surface area contributed by atoms with Gasteiger partial charge in [0.1, 0.15) is 5.56 Å². The van der Waals surface area contributed by atoms with Crippen molar-refractivity contribution in [2.24, 2.45) is 0 Å². The van der Waals surface area contributed by atoms with Crippen LogP contribution in [-0.4, -0.2) is 11.0 Å². The monoisotopic (exact) mass is 409 g/mol. The highest BCUT2D eigenvalue weighted by atomic mass is 19.2. The third-order valence-electron chi connectivity index (χ3n) is 4.17. The molecule has 3 aromatic rings. The van der Waals surface area contributed by atoms with Crippen molar-refractivity contribution in [1.82, 2.24) is 4.98 Å². The fourth-order valence-electron chi connectivity index (χ4n) is 2.54. The Morgan fingerprint density at radius 2 is 1.41 bits per heavy atom. The number of hydrogen-bond donors (Lipinski definition) is 1. The standard InChI is InChI=1S/C20H12F5NO3/c1-2-9-3-5-10(6-4-9)12-8-7-11(19(27)26-12)20(28)29-18-16(24)14(22)13(21)15(23)17(18)25/h3-8H,2H2,1H3,(H,26,27). The summed E-state index contributed by atoms with van der Waals surface area (Å²) in [6.45, 7) is 1.97. The second-order valence-electron chi connectivity index (χ2n) is 5.95. The molecular formula is C20H12F5NO3. The number of esters is 1. The van der Waals surface area contributed by atoms with Crippen LogP contribution in [0.25, 0.3) is 11.3 Å². The zero-order valence-corrected chi connectivity index (χ0v) is 14.8. The van der Waals surface area contributed by atoms with E-state index in [0.29, 0.717) is 11.3 Å². The summed E-state index contributed by atoms with van der Waals surface area (Å²) in [5.41, 5.74) is 0.419. The van der Waals surface area contributed by atoms with Crippen LogP contribution in [0.2, 0.25) is 0 Å². The summed E-state index contributed by atoms with van der Waals surface area (Å²) in [5, 5.41) is 0. The lowest BCUT2D eigenvalue weighted by Crippen LogP contribution is -2.23. The minimum Gasteiger partial charge on any atom is -0.416 e. The molecule has 0 atom stereocenters. The van der Waals surface area contributed by atoms with Gasteiger partial charge in [0.15, 0.2) is 0 Å². The van der Waals surface area contributed by atoms with Crippen LogP contribution < -0.4 is 10.3 Å². The van der Waals surface area contributed by atoms with Crippen LogP contribution in [0.3, 0.4) is 0 Å². The molecule has 0 radical (unpaired) electrons. The fourth-order valence-corrected chi connectivity index (χ4v) is 2.54. The number of nitrogens with one attached hydrogen (secondary N) is 1. The Morgan fingerprint density at radius 1 is 0.862 bits per heavy atom. The molecule has 0 saturated heterocycles. The van der Waals surface area contributed by atoms with Crippen molar-refractivity contribution in [3.8, 4) is 17.0 Å². The predicted octanol–water partition coefficient (Wildman–Crippen LogP) is 4.52. The van der Waals surface area contributed by atoms with Crippen molar-refractivity contribution in [2.75, 3.05) is 0 Å². The third kappa shape index (κ3) is 3.75. The molecule has 1 N–H and O–H groups in total. The van der Waals surface area contributed by atoms with Gasteiger partial charge in [0, 0.05) is 5.69 Å². The van der Waals surface area contributed by atoms with Crippen molar-refractivity contribution in [3.63, 3.8) is 0 Å². The largest absolute Gasteiger partial charge is 0.416 e. The molecule has 29 heavy (non-hydrogen) atoms. The lowest BCUT2D eigenvalue weighted by molar-refractivity contribution is 0.0714. The van der Waals surface area contributed by atoms with Crippen molar-refractivity contribution < 1.29 is 31.5 Å². The van der Waals surface area contributed by atoms with Gasteiger partial charge in [-0.1, -0.05) is 31.2 Å². The molecule has 1 aromatic heterocycles. The van der Waals surface area contributed by atoms with Gasteiger partial charge in [0.2, 0.25) is 34.8 Å². The van der Waals surface area contributed by atoms with Gasteiger partial charge in [-0.3, -0.25) is 4.79 Å². The van der Waals surface area contributed by atoms with Gasteiger partial charge in [0.25, 0.3) is 5.56 Å². The lowest BCUT2D eigenvalue weighted by atomic mass is 10.1. The van der Waals surface area contributed by atoms with E-state index < -0.39 is 51.9 Å². The Labute approximate surface area is 160 Å². The molecule has 9 heteroatoms. The number of hydrogen-bond acceptors (Lipinski definition) is 3. The Hall–Kier alpha value is -3.49. The van der Waals surface area contributed by atoms with Crippen LogP contribution in [0.4, 0.5) is 22.0 Å². The molecule has 0 saturated carbocycles. The summed E-state index contributed by atoms with van der Waals surface area (Å²) < 4.78 is 71.0. The van der Waals surface area contributed by atoms with Crippen molar-refractivity contribution >= 4 is 5.97 Å². The highest BCUT2D eigenvalue weighted by Gasteiger charge is 2.29. The van der Waals surface area contributed by atoms with E-state index in [1.165, 1.54) is 6.07 Å². The van der Waals surface area contributed by atoms with E-state index in [-0.39, 0.29) is 0 Å². The molecule has 3 rings (SSSR count). The van der Waals surface area contributed by atoms with Gasteiger partial charge >= 0.3 is 5.97 Å². The summed E-state index contributed by atoms with van der Waals surface area (Å²) >= 11 is 0. The molecule has 0 bridgehead atoms. The molecule has 0 fully saturated rings. The van der Waals surface area contributed by atoms with Crippen LogP contribution in [-0.2, 0) is 6.42 Å². The molecule has 0 spiro atoms. The topological polar surface area (TPSA) is 59.2 Å². The first-order valence-electron chi connectivity index (χ1n) is 8.30. The molecule has 2 aromatic carbocycles. The number of rotatable bonds is 4. The van der Waals surface area contributed by atoms with Gasteiger partial charge in [0.05, 0.1) is 0 Å². The average molecular weight is 409 g/mol. The first kappa shape index (κ1) is 20.2. The van der Waals surface area contributed by atoms with Crippen LogP contribution in [0.15, 0.2) is 41.2 Å². The number of aromatic amines is 1. The number of aryl methyl sites for hydroxylation is 1. The van der Waals surface area contributed by atoms with Crippen molar-refractivity contribution in [1.29, 1.82) is 0 Å². The minimum atomic E-state index is -2.39. The summed E-state index contributed by atoms with van der Waals surface area (Å²) in [4.78, 5) is 26.6. The summed E-state index contributed by atoms with van der Waals surface area (Å²) in [6.07, 6.45) is 0.819. The quantitative estimate of drug-likeness (QED) is 0.227. The Balaban J connectivity index is 1.92. The highest BCUT2D eigenvalue weighted by molar-refractivity contribution is 5.91. The number of pyridine rings is 1. The normalized spacial score (nSPS) is 10.8. The molecule has 0 aliphatic rings. The highest BCUT2D eigenvalue weighted by Crippen LogP contribution is 2.29. The zero-order valence-electron chi connectivity index (χ0n) is 14.8. The van der Waals surface area contributed by atoms with Gasteiger partial charge in [-0.2, -0.15) is 8.78 Å². The summed E-state index contributed by atoms with van der Waals surface area (Å²) in [5.74, 6) is -14.9. The first-order valence-corrected chi connectivity index (χ1v) is 8.30. The summed E-state index contributed by atoms with van der Waals surface area (Å²) in [6, 6.07) is 9.56. The van der Waals surface area contributed by atoms with E-state index in [0.717, 1.165) is 18.1 Å². The van der Waals surface area contributed by atoms with E-state index in [4.69, 9.17) is 0 Å². The summed E-state index contributed by atoms with van der Waals surface area (Å²) in [7, 11) is 0. The Bertz CT molecular complexity index is 1130. The van der Waals surface area contributed by atoms with E-state index >= 15 is 0 Å². The maximum absolute atomic E-state index is 13.6. The molecule has 150 valence electrons. The maximum atomic E-state index is 13.6.